The summed E-state index contributed by atoms with van der Waals surface area (Å²) in [7, 11) is 3.18. The number of piperazine rings is 1. The fourth-order valence-electron chi connectivity index (χ4n) is 5.39. The summed E-state index contributed by atoms with van der Waals surface area (Å²) in [6.07, 6.45) is 3.94. The summed E-state index contributed by atoms with van der Waals surface area (Å²) in [4.78, 5) is 43.7. The molecule has 0 atom stereocenters. The number of urea groups is 1. The van der Waals surface area contributed by atoms with Crippen molar-refractivity contribution >= 4 is 34.8 Å². The summed E-state index contributed by atoms with van der Waals surface area (Å²) in [6, 6.07) is 7.04. The maximum atomic E-state index is 12.9. The maximum Gasteiger partial charge on any atom is 0.320 e. The molecule has 3 aromatic rings. The van der Waals surface area contributed by atoms with E-state index in [4.69, 9.17) is 19.2 Å². The number of nitrogens with one attached hydrogen (secondary N) is 3. The molecule has 3 heterocycles. The molecule has 13 heteroatoms. The minimum Gasteiger partial charge on any atom is -0.497 e. The number of benzene rings is 1. The Kier molecular flexibility index (Phi) is 12.4. The Morgan fingerprint density at radius 1 is 0.854 bits per heavy atom. The highest BCUT2D eigenvalue weighted by molar-refractivity contribution is 5.96. The second-order valence-electron chi connectivity index (χ2n) is 14.1. The Morgan fingerprint density at radius 2 is 1.48 bits per heavy atom. The first-order valence-electron chi connectivity index (χ1n) is 16.6. The average molecular weight is 665 g/mol. The number of amides is 2. The fourth-order valence-corrected chi connectivity index (χ4v) is 5.39. The third kappa shape index (κ3) is 11.5. The van der Waals surface area contributed by atoms with E-state index in [0.29, 0.717) is 47.4 Å². The molecule has 0 bridgehead atoms. The standard InChI is InChI=1S/C35H52N8O5/c1-34(2,3)41-33(45)40-31-28(24-19-26(46-7)22-27(20-24)47-8)21-25-23-37-32(39-30(25)38-31)36-12-10-14-43-17-15-42(16-18-43)13-9-11-29(44)48-35(4,5)6/h19-23H,9-18H2,1-8H3,(H3,36,37,38,39,40,41,45). The lowest BCUT2D eigenvalue weighted by atomic mass is 10.0. The first-order valence-corrected chi connectivity index (χ1v) is 16.6. The minimum absolute atomic E-state index is 0.126. The Labute approximate surface area is 284 Å². The van der Waals surface area contributed by atoms with Crippen LogP contribution in [-0.2, 0) is 9.53 Å². The van der Waals surface area contributed by atoms with Gasteiger partial charge in [0.15, 0.2) is 5.65 Å². The molecule has 2 amide bonds. The van der Waals surface area contributed by atoms with Gasteiger partial charge in [0.25, 0.3) is 0 Å². The molecule has 1 saturated heterocycles. The van der Waals surface area contributed by atoms with E-state index in [1.807, 2.05) is 59.7 Å². The van der Waals surface area contributed by atoms with Gasteiger partial charge in [0.1, 0.15) is 22.9 Å². The van der Waals surface area contributed by atoms with Gasteiger partial charge in [-0.25, -0.2) is 14.8 Å². The molecule has 4 rings (SSSR count). The number of hydrogen-bond donors (Lipinski definition) is 3. The summed E-state index contributed by atoms with van der Waals surface area (Å²) in [5.41, 5.74) is 1.03. The van der Waals surface area contributed by atoms with Crippen LogP contribution in [0.1, 0.15) is 60.8 Å². The molecule has 2 aromatic heterocycles. The molecular formula is C35H52N8O5. The van der Waals surface area contributed by atoms with E-state index >= 15 is 0 Å². The number of fused-ring (bicyclic) bond motifs is 1. The van der Waals surface area contributed by atoms with Crippen molar-refractivity contribution in [2.75, 3.05) is 70.7 Å². The molecule has 1 aliphatic rings. The van der Waals surface area contributed by atoms with Crippen molar-refractivity contribution in [3.05, 3.63) is 30.5 Å². The van der Waals surface area contributed by atoms with Crippen molar-refractivity contribution in [3.63, 3.8) is 0 Å². The normalized spacial score (nSPS) is 14.4. The van der Waals surface area contributed by atoms with E-state index in [1.54, 1.807) is 26.5 Å². The predicted octanol–water partition coefficient (Wildman–Crippen LogP) is 5.17. The van der Waals surface area contributed by atoms with Crippen molar-refractivity contribution in [3.8, 4) is 22.6 Å². The van der Waals surface area contributed by atoms with Gasteiger partial charge in [0.05, 0.1) is 14.2 Å². The number of ether oxygens (including phenoxy) is 3. The Hall–Kier alpha value is -4.23. The van der Waals surface area contributed by atoms with Gasteiger partial charge in [-0.05, 0) is 91.2 Å². The van der Waals surface area contributed by atoms with E-state index in [1.165, 1.54) is 0 Å². The summed E-state index contributed by atoms with van der Waals surface area (Å²) >= 11 is 0. The number of methoxy groups -OCH3 is 2. The van der Waals surface area contributed by atoms with Gasteiger partial charge < -0.3 is 34.6 Å². The highest BCUT2D eigenvalue weighted by atomic mass is 16.6. The number of anilines is 2. The van der Waals surface area contributed by atoms with Gasteiger partial charge in [-0.1, -0.05) is 0 Å². The number of carbonyl (C=O) groups excluding carboxylic acids is 2. The lowest BCUT2D eigenvalue weighted by Crippen LogP contribution is -2.47. The van der Waals surface area contributed by atoms with Crippen LogP contribution in [0.25, 0.3) is 22.2 Å². The van der Waals surface area contributed by atoms with E-state index in [2.05, 4.69) is 35.7 Å². The number of hydrogen-bond acceptors (Lipinski definition) is 11. The lowest BCUT2D eigenvalue weighted by Gasteiger charge is -2.34. The number of rotatable bonds is 13. The smallest absolute Gasteiger partial charge is 0.320 e. The number of esters is 1. The highest BCUT2D eigenvalue weighted by Crippen LogP contribution is 2.35. The third-order valence-corrected chi connectivity index (χ3v) is 7.63. The van der Waals surface area contributed by atoms with Gasteiger partial charge >= 0.3 is 12.0 Å². The summed E-state index contributed by atoms with van der Waals surface area (Å²) < 4.78 is 16.4. The van der Waals surface area contributed by atoms with Crippen LogP contribution < -0.4 is 25.4 Å². The zero-order chi connectivity index (χ0) is 34.9. The van der Waals surface area contributed by atoms with Gasteiger partial charge in [-0.15, -0.1) is 0 Å². The number of carbonyl (C=O) groups is 2. The lowest BCUT2D eigenvalue weighted by molar-refractivity contribution is -0.155. The molecule has 0 unspecified atom stereocenters. The first kappa shape index (κ1) is 36.6. The van der Waals surface area contributed by atoms with Crippen molar-refractivity contribution < 1.29 is 23.8 Å². The van der Waals surface area contributed by atoms with Crippen molar-refractivity contribution in [2.24, 2.45) is 0 Å². The van der Waals surface area contributed by atoms with Gasteiger partial charge in [0.2, 0.25) is 5.95 Å². The van der Waals surface area contributed by atoms with E-state index in [-0.39, 0.29) is 12.0 Å². The Morgan fingerprint density at radius 3 is 2.06 bits per heavy atom. The Bertz CT molecular complexity index is 1520. The number of pyridine rings is 1. The van der Waals surface area contributed by atoms with Crippen molar-refractivity contribution in [1.29, 1.82) is 0 Å². The average Bonchev–Trinajstić information content (AvgIpc) is 3.01. The topological polar surface area (TPSA) is 143 Å². The van der Waals surface area contributed by atoms with Crippen LogP contribution in [0.4, 0.5) is 16.6 Å². The molecule has 3 N–H and O–H groups in total. The molecule has 1 aromatic carbocycles. The van der Waals surface area contributed by atoms with E-state index in [9.17, 15) is 9.59 Å². The second-order valence-corrected chi connectivity index (χ2v) is 14.1. The predicted molar refractivity (Wildman–Crippen MR) is 189 cm³/mol. The summed E-state index contributed by atoms with van der Waals surface area (Å²) in [6.45, 7) is 18.0. The van der Waals surface area contributed by atoms with Crippen LogP contribution in [-0.4, -0.2) is 108 Å². The zero-order valence-corrected chi connectivity index (χ0v) is 29.7. The van der Waals surface area contributed by atoms with Crippen LogP contribution in [0.15, 0.2) is 30.5 Å². The largest absolute Gasteiger partial charge is 0.497 e. The maximum absolute atomic E-state index is 12.9. The third-order valence-electron chi connectivity index (χ3n) is 7.63. The van der Waals surface area contributed by atoms with Gasteiger partial charge in [0, 0.05) is 67.9 Å². The van der Waals surface area contributed by atoms with Crippen molar-refractivity contribution in [1.82, 2.24) is 30.1 Å². The molecule has 1 fully saturated rings. The van der Waals surface area contributed by atoms with Gasteiger partial charge in [-0.2, -0.15) is 4.98 Å². The quantitative estimate of drug-likeness (QED) is 0.165. The second kappa shape index (κ2) is 16.2. The van der Waals surface area contributed by atoms with Gasteiger partial charge in [-0.3, -0.25) is 10.1 Å². The van der Waals surface area contributed by atoms with Crippen LogP contribution in [0.2, 0.25) is 0 Å². The highest BCUT2D eigenvalue weighted by Gasteiger charge is 2.20. The molecule has 13 nitrogen and oxygen atoms in total. The molecule has 0 saturated carbocycles. The number of nitrogens with zero attached hydrogens (tertiary/aromatic N) is 5. The van der Waals surface area contributed by atoms with Crippen LogP contribution in [0, 0.1) is 0 Å². The van der Waals surface area contributed by atoms with Crippen LogP contribution in [0.3, 0.4) is 0 Å². The zero-order valence-electron chi connectivity index (χ0n) is 29.7. The van der Waals surface area contributed by atoms with Crippen molar-refractivity contribution in [2.45, 2.75) is 71.9 Å². The molecular weight excluding hydrogens is 612 g/mol. The molecule has 0 aliphatic carbocycles. The fraction of sp³-hybridized carbons (Fsp3) is 0.571. The molecule has 1 aliphatic heterocycles. The molecule has 262 valence electrons. The monoisotopic (exact) mass is 664 g/mol. The van der Waals surface area contributed by atoms with Crippen LogP contribution in [0.5, 0.6) is 11.5 Å². The summed E-state index contributed by atoms with van der Waals surface area (Å²) in [5.74, 6) is 1.93. The molecule has 0 spiro atoms. The molecule has 48 heavy (non-hydrogen) atoms. The summed E-state index contributed by atoms with van der Waals surface area (Å²) in [5, 5.41) is 9.90. The number of aromatic nitrogens is 3. The van der Waals surface area contributed by atoms with Crippen LogP contribution >= 0.6 is 0 Å². The van der Waals surface area contributed by atoms with E-state index in [0.717, 1.165) is 63.1 Å². The molecule has 0 radical (unpaired) electrons. The Balaban J connectivity index is 1.35. The SMILES string of the molecule is COc1cc(OC)cc(-c2cc3cnc(NCCCN4CCN(CCCC(=O)OC(C)(C)C)CC4)nc3nc2NC(=O)NC(C)(C)C)c1. The first-order chi connectivity index (χ1) is 22.7. The minimum atomic E-state index is -0.434. The van der Waals surface area contributed by atoms with E-state index < -0.39 is 11.1 Å².